The first kappa shape index (κ1) is 11.5. The van der Waals surface area contributed by atoms with Crippen LogP contribution < -0.4 is 5.73 Å². The Hall–Kier alpha value is -0.980. The monoisotopic (exact) mass is 227 g/mol. The van der Waals surface area contributed by atoms with Gasteiger partial charge in [0.05, 0.1) is 6.10 Å². The lowest BCUT2D eigenvalue weighted by molar-refractivity contribution is -0.0858. The van der Waals surface area contributed by atoms with Gasteiger partial charge in [-0.2, -0.15) is 4.98 Å². The van der Waals surface area contributed by atoms with Gasteiger partial charge >= 0.3 is 0 Å². The van der Waals surface area contributed by atoms with Crippen LogP contribution in [0.15, 0.2) is 4.52 Å². The Balaban J connectivity index is 2.19. The number of aromatic nitrogens is 2. The van der Waals surface area contributed by atoms with E-state index in [0.29, 0.717) is 5.82 Å². The number of ether oxygens (including phenoxy) is 1. The molecule has 1 aliphatic carbocycles. The van der Waals surface area contributed by atoms with Crippen molar-refractivity contribution in [2.45, 2.75) is 43.9 Å². The summed E-state index contributed by atoms with van der Waals surface area (Å²) >= 11 is 0. The molecule has 0 spiro atoms. The number of aliphatic hydroxyl groups excluding tert-OH is 1. The molecule has 1 heterocycles. The van der Waals surface area contributed by atoms with Gasteiger partial charge < -0.3 is 20.1 Å². The summed E-state index contributed by atoms with van der Waals surface area (Å²) in [4.78, 5) is 4.21. The van der Waals surface area contributed by atoms with E-state index in [1.807, 2.05) is 0 Å². The Kier molecular flexibility index (Phi) is 2.96. The molecular weight excluding hydrogens is 210 g/mol. The van der Waals surface area contributed by atoms with Gasteiger partial charge in [-0.15, -0.1) is 0 Å². The normalized spacial score (nSPS) is 22.5. The standard InChI is InChI=1S/C10H17N3O3/c1-6(14)7(11)8-12-9(13-16-8)10(15-2)4-3-5-10/h6-7,14H,3-5,11H2,1-2H3. The van der Waals surface area contributed by atoms with E-state index in [1.54, 1.807) is 14.0 Å². The molecule has 90 valence electrons. The Morgan fingerprint density at radius 3 is 2.69 bits per heavy atom. The van der Waals surface area contributed by atoms with Gasteiger partial charge in [0.15, 0.2) is 0 Å². The minimum Gasteiger partial charge on any atom is -0.391 e. The minimum absolute atomic E-state index is 0.258. The highest BCUT2D eigenvalue weighted by Gasteiger charge is 2.43. The summed E-state index contributed by atoms with van der Waals surface area (Å²) in [6, 6.07) is -0.643. The van der Waals surface area contributed by atoms with Gasteiger partial charge in [0.2, 0.25) is 11.7 Å². The maximum absolute atomic E-state index is 9.33. The molecule has 2 unspecified atom stereocenters. The van der Waals surface area contributed by atoms with Crippen molar-refractivity contribution in [3.8, 4) is 0 Å². The summed E-state index contributed by atoms with van der Waals surface area (Å²) in [5.74, 6) is 0.792. The van der Waals surface area contributed by atoms with Gasteiger partial charge in [-0.1, -0.05) is 5.16 Å². The van der Waals surface area contributed by atoms with Crippen molar-refractivity contribution >= 4 is 0 Å². The summed E-state index contributed by atoms with van der Waals surface area (Å²) in [5.41, 5.74) is 5.31. The fourth-order valence-electron chi connectivity index (χ4n) is 1.78. The third-order valence-corrected chi connectivity index (χ3v) is 3.21. The highest BCUT2D eigenvalue weighted by molar-refractivity contribution is 5.07. The van der Waals surface area contributed by atoms with Crippen molar-refractivity contribution < 1.29 is 14.4 Å². The molecule has 2 rings (SSSR count). The zero-order valence-electron chi connectivity index (χ0n) is 9.51. The summed E-state index contributed by atoms with van der Waals surface area (Å²) < 4.78 is 10.5. The summed E-state index contributed by atoms with van der Waals surface area (Å²) in [6.45, 7) is 1.59. The fraction of sp³-hybridized carbons (Fsp3) is 0.800. The van der Waals surface area contributed by atoms with Crippen LogP contribution in [0.3, 0.4) is 0 Å². The van der Waals surface area contributed by atoms with Crippen molar-refractivity contribution in [1.29, 1.82) is 0 Å². The number of nitrogens with zero attached hydrogens (tertiary/aromatic N) is 2. The molecule has 16 heavy (non-hydrogen) atoms. The maximum Gasteiger partial charge on any atom is 0.246 e. The Labute approximate surface area is 93.8 Å². The van der Waals surface area contributed by atoms with E-state index in [4.69, 9.17) is 15.0 Å². The fourth-order valence-corrected chi connectivity index (χ4v) is 1.78. The van der Waals surface area contributed by atoms with Crippen LogP contribution in [0.25, 0.3) is 0 Å². The first-order chi connectivity index (χ1) is 7.59. The van der Waals surface area contributed by atoms with Crippen LogP contribution in [0.4, 0.5) is 0 Å². The molecular formula is C10H17N3O3. The predicted octanol–water partition coefficient (Wildman–Crippen LogP) is 0.476. The van der Waals surface area contributed by atoms with Crippen LogP contribution in [0.5, 0.6) is 0 Å². The molecule has 1 fully saturated rings. The summed E-state index contributed by atoms with van der Waals surface area (Å²) in [6.07, 6.45) is 2.17. The molecule has 1 aromatic rings. The summed E-state index contributed by atoms with van der Waals surface area (Å²) in [5, 5.41) is 13.2. The van der Waals surface area contributed by atoms with Gasteiger partial charge in [0.1, 0.15) is 11.6 Å². The average molecular weight is 227 g/mol. The highest BCUT2D eigenvalue weighted by atomic mass is 16.5. The molecule has 0 aromatic carbocycles. The molecule has 6 heteroatoms. The average Bonchev–Trinajstić information content (AvgIpc) is 2.65. The Morgan fingerprint density at radius 2 is 2.25 bits per heavy atom. The van der Waals surface area contributed by atoms with E-state index in [1.165, 1.54) is 0 Å². The second-order valence-corrected chi connectivity index (χ2v) is 4.27. The van der Waals surface area contributed by atoms with E-state index in [-0.39, 0.29) is 5.89 Å². The molecule has 1 saturated carbocycles. The predicted molar refractivity (Wildman–Crippen MR) is 55.4 cm³/mol. The lowest BCUT2D eigenvalue weighted by Crippen LogP contribution is -2.37. The number of nitrogens with two attached hydrogens (primary N) is 1. The molecule has 3 N–H and O–H groups in total. The van der Waals surface area contributed by atoms with Crippen LogP contribution in [0.1, 0.15) is 43.9 Å². The maximum atomic E-state index is 9.33. The molecule has 0 amide bonds. The molecule has 0 bridgehead atoms. The van der Waals surface area contributed by atoms with Crippen molar-refractivity contribution in [2.75, 3.05) is 7.11 Å². The molecule has 0 radical (unpaired) electrons. The van der Waals surface area contributed by atoms with Gasteiger partial charge in [0, 0.05) is 7.11 Å². The van der Waals surface area contributed by atoms with Crippen LogP contribution in [0.2, 0.25) is 0 Å². The van der Waals surface area contributed by atoms with E-state index in [2.05, 4.69) is 10.1 Å². The molecule has 6 nitrogen and oxygen atoms in total. The second kappa shape index (κ2) is 4.12. The topological polar surface area (TPSA) is 94.4 Å². The van der Waals surface area contributed by atoms with Crippen LogP contribution >= 0.6 is 0 Å². The van der Waals surface area contributed by atoms with E-state index in [9.17, 15) is 5.11 Å². The lowest BCUT2D eigenvalue weighted by Gasteiger charge is -2.37. The third-order valence-electron chi connectivity index (χ3n) is 3.21. The minimum atomic E-state index is -0.715. The van der Waals surface area contributed by atoms with Gasteiger partial charge in [-0.3, -0.25) is 0 Å². The Morgan fingerprint density at radius 1 is 1.56 bits per heavy atom. The molecule has 0 saturated heterocycles. The SMILES string of the molecule is COC1(c2noc(C(N)C(C)O)n2)CCC1. The van der Waals surface area contributed by atoms with Crippen LogP contribution in [-0.2, 0) is 10.3 Å². The molecule has 1 aliphatic rings. The van der Waals surface area contributed by atoms with Gasteiger partial charge in [-0.05, 0) is 26.2 Å². The van der Waals surface area contributed by atoms with Crippen molar-refractivity contribution in [3.05, 3.63) is 11.7 Å². The second-order valence-electron chi connectivity index (χ2n) is 4.27. The lowest BCUT2D eigenvalue weighted by atomic mass is 9.79. The zero-order chi connectivity index (χ0) is 11.8. The number of methoxy groups -OCH3 is 1. The number of rotatable bonds is 4. The van der Waals surface area contributed by atoms with Crippen molar-refractivity contribution in [2.24, 2.45) is 5.73 Å². The van der Waals surface area contributed by atoms with Crippen LogP contribution in [-0.4, -0.2) is 28.5 Å². The van der Waals surface area contributed by atoms with Crippen LogP contribution in [0, 0.1) is 0 Å². The molecule has 1 aromatic heterocycles. The third kappa shape index (κ3) is 1.73. The van der Waals surface area contributed by atoms with E-state index in [0.717, 1.165) is 19.3 Å². The smallest absolute Gasteiger partial charge is 0.246 e. The van der Waals surface area contributed by atoms with Gasteiger partial charge in [0.25, 0.3) is 0 Å². The Bertz CT molecular complexity index is 354. The molecule has 2 atom stereocenters. The first-order valence-electron chi connectivity index (χ1n) is 5.42. The van der Waals surface area contributed by atoms with Crippen molar-refractivity contribution in [3.63, 3.8) is 0 Å². The quantitative estimate of drug-likeness (QED) is 0.776. The molecule has 0 aliphatic heterocycles. The van der Waals surface area contributed by atoms with Crippen molar-refractivity contribution in [1.82, 2.24) is 10.1 Å². The van der Waals surface area contributed by atoms with Gasteiger partial charge in [-0.25, -0.2) is 0 Å². The number of hydrogen-bond donors (Lipinski definition) is 2. The summed E-state index contributed by atoms with van der Waals surface area (Å²) in [7, 11) is 1.64. The van der Waals surface area contributed by atoms with E-state index < -0.39 is 17.7 Å². The highest BCUT2D eigenvalue weighted by Crippen LogP contribution is 2.42. The number of hydrogen-bond acceptors (Lipinski definition) is 6. The van der Waals surface area contributed by atoms with E-state index >= 15 is 0 Å². The number of aliphatic hydroxyl groups is 1. The zero-order valence-corrected chi connectivity index (χ0v) is 9.51. The largest absolute Gasteiger partial charge is 0.391 e. The first-order valence-corrected chi connectivity index (χ1v) is 5.42.